The van der Waals surface area contributed by atoms with Gasteiger partial charge in [-0.3, -0.25) is 4.79 Å². The second-order valence-electron chi connectivity index (χ2n) is 7.52. The van der Waals surface area contributed by atoms with E-state index in [1.54, 1.807) is 0 Å². The maximum absolute atomic E-state index is 11.9. The number of cyclic esters (lactones) is 1. The van der Waals surface area contributed by atoms with E-state index < -0.39 is 42.3 Å². The summed E-state index contributed by atoms with van der Waals surface area (Å²) in [6.07, 6.45) is 7.44. The van der Waals surface area contributed by atoms with Crippen molar-refractivity contribution in [2.75, 3.05) is 6.61 Å². The number of rotatable bonds is 14. The molecule has 1 aliphatic rings. The zero-order valence-corrected chi connectivity index (χ0v) is 16.5. The van der Waals surface area contributed by atoms with Crippen molar-refractivity contribution in [3.05, 3.63) is 11.5 Å². The molecule has 0 aromatic rings. The number of ether oxygens (including phenoxy) is 2. The van der Waals surface area contributed by atoms with Crippen molar-refractivity contribution in [1.29, 1.82) is 0 Å². The molecule has 0 radical (unpaired) electrons. The van der Waals surface area contributed by atoms with Gasteiger partial charge in [-0.25, -0.2) is 4.79 Å². The average Bonchev–Trinajstić information content (AvgIpc) is 2.90. The van der Waals surface area contributed by atoms with Gasteiger partial charge in [0.15, 0.2) is 6.10 Å². The van der Waals surface area contributed by atoms with Crippen molar-refractivity contribution in [1.82, 2.24) is 0 Å². The quantitative estimate of drug-likeness (QED) is 0.310. The summed E-state index contributed by atoms with van der Waals surface area (Å²) in [6.45, 7) is 3.80. The number of aliphatic hydroxyl groups is 3. The predicted octanol–water partition coefficient (Wildman–Crippen LogP) is 3.13. The van der Waals surface area contributed by atoms with Gasteiger partial charge >= 0.3 is 11.9 Å². The molecule has 7 heteroatoms. The minimum Gasteiger partial charge on any atom is -0.499 e. The van der Waals surface area contributed by atoms with Crippen LogP contribution in [0.4, 0.5) is 0 Å². The first-order chi connectivity index (χ1) is 12.9. The molecule has 7 nitrogen and oxygen atoms in total. The van der Waals surface area contributed by atoms with E-state index in [2.05, 4.69) is 13.8 Å². The summed E-state index contributed by atoms with van der Waals surface area (Å²) in [5.41, 5.74) is 0. The van der Waals surface area contributed by atoms with Crippen molar-refractivity contribution in [3.8, 4) is 0 Å². The first-order valence-electron chi connectivity index (χ1n) is 10.0. The molecule has 0 spiro atoms. The lowest BCUT2D eigenvalue weighted by Crippen LogP contribution is -2.33. The molecule has 0 bridgehead atoms. The van der Waals surface area contributed by atoms with Crippen molar-refractivity contribution >= 4 is 11.9 Å². The number of carbonyl (C=O) groups is 2. The van der Waals surface area contributed by atoms with Gasteiger partial charge in [0.25, 0.3) is 0 Å². The van der Waals surface area contributed by atoms with E-state index in [-0.39, 0.29) is 6.42 Å². The van der Waals surface area contributed by atoms with Crippen LogP contribution in [0.3, 0.4) is 0 Å². The predicted molar refractivity (Wildman–Crippen MR) is 99.7 cm³/mol. The number of aliphatic hydroxyl groups excluding tert-OH is 3. The summed E-state index contributed by atoms with van der Waals surface area (Å²) in [4.78, 5) is 23.2. The molecule has 0 fully saturated rings. The van der Waals surface area contributed by atoms with E-state index in [1.807, 2.05) is 0 Å². The molecule has 2 atom stereocenters. The van der Waals surface area contributed by atoms with Gasteiger partial charge in [-0.15, -0.1) is 0 Å². The largest absolute Gasteiger partial charge is 0.499 e. The fourth-order valence-corrected chi connectivity index (χ4v) is 2.97. The van der Waals surface area contributed by atoms with Crippen LogP contribution in [-0.4, -0.2) is 46.1 Å². The highest BCUT2D eigenvalue weighted by Crippen LogP contribution is 2.25. The van der Waals surface area contributed by atoms with Crippen LogP contribution in [0, 0.1) is 5.92 Å². The van der Waals surface area contributed by atoms with E-state index in [4.69, 9.17) is 14.6 Å². The Hall–Kier alpha value is -1.60. The lowest BCUT2D eigenvalue weighted by molar-refractivity contribution is -0.151. The molecule has 1 heterocycles. The number of hydrogen-bond donors (Lipinski definition) is 3. The van der Waals surface area contributed by atoms with Crippen LogP contribution in [0.15, 0.2) is 11.5 Å². The Morgan fingerprint density at radius 1 is 1.07 bits per heavy atom. The van der Waals surface area contributed by atoms with Crippen LogP contribution < -0.4 is 0 Å². The molecule has 3 N–H and O–H groups in total. The Kier molecular flexibility index (Phi) is 11.0. The first kappa shape index (κ1) is 23.4. The molecule has 27 heavy (non-hydrogen) atoms. The fourth-order valence-electron chi connectivity index (χ4n) is 2.97. The zero-order valence-electron chi connectivity index (χ0n) is 16.5. The normalized spacial score (nSPS) is 18.1. The molecule has 0 unspecified atom stereocenters. The molecule has 0 amide bonds. The number of unbranched alkanes of at least 4 members (excludes halogenated alkanes) is 7. The molecule has 0 aromatic heterocycles. The van der Waals surface area contributed by atoms with Crippen molar-refractivity contribution in [3.63, 3.8) is 0 Å². The molecule has 1 rings (SSSR count). The van der Waals surface area contributed by atoms with E-state index >= 15 is 0 Å². The number of carbonyl (C=O) groups excluding carboxylic acids is 2. The molecule has 0 saturated heterocycles. The van der Waals surface area contributed by atoms with Crippen molar-refractivity contribution < 1.29 is 34.4 Å². The molecule has 0 aliphatic carbocycles. The van der Waals surface area contributed by atoms with Gasteiger partial charge in [0, 0.05) is 6.42 Å². The monoisotopic (exact) mass is 386 g/mol. The van der Waals surface area contributed by atoms with Crippen LogP contribution in [0.25, 0.3) is 0 Å². The van der Waals surface area contributed by atoms with Crippen molar-refractivity contribution in [2.45, 2.75) is 90.3 Å². The van der Waals surface area contributed by atoms with Crippen LogP contribution in [0.1, 0.15) is 78.1 Å². The third-order valence-corrected chi connectivity index (χ3v) is 4.59. The highest BCUT2D eigenvalue weighted by atomic mass is 16.6. The minimum absolute atomic E-state index is 0.154. The van der Waals surface area contributed by atoms with Crippen LogP contribution in [0.2, 0.25) is 0 Å². The summed E-state index contributed by atoms with van der Waals surface area (Å²) in [5.74, 6) is -2.16. The maximum Gasteiger partial charge on any atom is 0.378 e. The Labute approximate surface area is 161 Å². The number of esters is 2. The molecule has 156 valence electrons. The summed E-state index contributed by atoms with van der Waals surface area (Å²) in [7, 11) is 0. The lowest BCUT2D eigenvalue weighted by Gasteiger charge is -2.17. The Bertz CT molecular complexity index is 499. The van der Waals surface area contributed by atoms with Gasteiger partial charge in [0.05, 0.1) is 6.61 Å². The minimum atomic E-state index is -1.46. The Morgan fingerprint density at radius 3 is 2.19 bits per heavy atom. The first-order valence-corrected chi connectivity index (χ1v) is 10.0. The summed E-state index contributed by atoms with van der Waals surface area (Å²) < 4.78 is 9.69. The SMILES string of the molecule is CC(C)CCCCCCCCCCC(=O)OC1=C(O)C(=O)O[C@@H]1[C@@H](O)CO. The maximum atomic E-state index is 11.9. The van der Waals surface area contributed by atoms with Crippen LogP contribution >= 0.6 is 0 Å². The summed E-state index contributed by atoms with van der Waals surface area (Å²) in [6, 6.07) is 0. The van der Waals surface area contributed by atoms with Crippen LogP contribution in [0.5, 0.6) is 0 Å². The second-order valence-corrected chi connectivity index (χ2v) is 7.52. The van der Waals surface area contributed by atoms with Gasteiger partial charge in [-0.05, 0) is 12.3 Å². The average molecular weight is 386 g/mol. The van der Waals surface area contributed by atoms with Crippen molar-refractivity contribution in [2.24, 2.45) is 5.92 Å². The smallest absolute Gasteiger partial charge is 0.378 e. The topological polar surface area (TPSA) is 113 Å². The van der Waals surface area contributed by atoms with E-state index in [0.717, 1.165) is 25.2 Å². The fraction of sp³-hybridized carbons (Fsp3) is 0.800. The molecular formula is C20H34O7. The van der Waals surface area contributed by atoms with Crippen LogP contribution in [-0.2, 0) is 19.1 Å². The van der Waals surface area contributed by atoms with Gasteiger partial charge in [0.1, 0.15) is 6.10 Å². The zero-order chi connectivity index (χ0) is 20.2. The van der Waals surface area contributed by atoms with Gasteiger partial charge in [0.2, 0.25) is 11.5 Å². The van der Waals surface area contributed by atoms with E-state index in [9.17, 15) is 19.8 Å². The lowest BCUT2D eigenvalue weighted by atomic mass is 10.0. The third kappa shape index (κ3) is 8.75. The standard InChI is InChI=1S/C20H34O7/c1-14(2)11-9-7-5-3-4-6-8-10-12-16(23)26-19-17(24)20(25)27-18(19)15(22)13-21/h14-15,18,21-22,24H,3-13H2,1-2H3/t15-,18+/m0/s1. The van der Waals surface area contributed by atoms with Gasteiger partial charge in [-0.1, -0.05) is 65.2 Å². The van der Waals surface area contributed by atoms with Gasteiger partial charge < -0.3 is 24.8 Å². The molecule has 0 aromatic carbocycles. The third-order valence-electron chi connectivity index (χ3n) is 4.59. The molecule has 0 saturated carbocycles. The molecule has 1 aliphatic heterocycles. The van der Waals surface area contributed by atoms with E-state index in [1.165, 1.54) is 32.1 Å². The molecular weight excluding hydrogens is 352 g/mol. The highest BCUT2D eigenvalue weighted by molar-refractivity contribution is 5.90. The highest BCUT2D eigenvalue weighted by Gasteiger charge is 2.41. The number of hydrogen-bond acceptors (Lipinski definition) is 7. The second kappa shape index (κ2) is 12.7. The summed E-state index contributed by atoms with van der Waals surface area (Å²) in [5, 5.41) is 28.2. The van der Waals surface area contributed by atoms with E-state index in [0.29, 0.717) is 6.42 Å². The Morgan fingerprint density at radius 2 is 1.63 bits per heavy atom. The Balaban J connectivity index is 2.16. The summed E-state index contributed by atoms with van der Waals surface area (Å²) >= 11 is 0. The van der Waals surface area contributed by atoms with Gasteiger partial charge in [-0.2, -0.15) is 0 Å².